The molecule has 0 spiro atoms. The molecule has 0 saturated heterocycles. The zero-order chi connectivity index (χ0) is 10.1. The van der Waals surface area contributed by atoms with Crippen molar-refractivity contribution in [1.82, 2.24) is 0 Å². The first-order valence-corrected chi connectivity index (χ1v) is 5.08. The van der Waals surface area contributed by atoms with Gasteiger partial charge in [0.25, 0.3) is 0 Å². The molecule has 0 amide bonds. The van der Waals surface area contributed by atoms with Crippen molar-refractivity contribution in [3.63, 3.8) is 0 Å². The van der Waals surface area contributed by atoms with Crippen LogP contribution in [0.2, 0.25) is 0 Å². The molecule has 2 heteroatoms. The second kappa shape index (κ2) is 3.41. The van der Waals surface area contributed by atoms with Gasteiger partial charge < -0.3 is 9.53 Å². The summed E-state index contributed by atoms with van der Waals surface area (Å²) >= 11 is 0. The first-order valence-electron chi connectivity index (χ1n) is 5.08. The standard InChI is InChI=1S/C11H20O2/c1-9(2)13-11(8-12)7-5-6-10(11,3)4/h8-9H,5-7H2,1-4H3. The highest BCUT2D eigenvalue weighted by Crippen LogP contribution is 2.47. The van der Waals surface area contributed by atoms with Crippen LogP contribution in [0, 0.1) is 5.41 Å². The molecule has 0 aromatic carbocycles. The van der Waals surface area contributed by atoms with E-state index >= 15 is 0 Å². The van der Waals surface area contributed by atoms with E-state index < -0.39 is 5.60 Å². The molecule has 1 atom stereocenters. The summed E-state index contributed by atoms with van der Waals surface area (Å²) in [6, 6.07) is 0. The van der Waals surface area contributed by atoms with Crippen molar-refractivity contribution in [2.45, 2.75) is 58.7 Å². The van der Waals surface area contributed by atoms with Gasteiger partial charge in [0, 0.05) is 5.41 Å². The fourth-order valence-electron chi connectivity index (χ4n) is 2.23. The van der Waals surface area contributed by atoms with E-state index in [-0.39, 0.29) is 11.5 Å². The Kier molecular flexibility index (Phi) is 2.81. The quantitative estimate of drug-likeness (QED) is 0.630. The number of carbonyl (C=O) groups is 1. The van der Waals surface area contributed by atoms with Gasteiger partial charge in [-0.2, -0.15) is 0 Å². The van der Waals surface area contributed by atoms with Crippen molar-refractivity contribution in [1.29, 1.82) is 0 Å². The molecule has 0 bridgehead atoms. The molecule has 76 valence electrons. The van der Waals surface area contributed by atoms with Gasteiger partial charge in [-0.05, 0) is 33.1 Å². The molecule has 0 aromatic heterocycles. The molecule has 0 aliphatic heterocycles. The van der Waals surface area contributed by atoms with Crippen molar-refractivity contribution in [3.8, 4) is 0 Å². The van der Waals surface area contributed by atoms with Gasteiger partial charge in [-0.25, -0.2) is 0 Å². The first-order chi connectivity index (χ1) is 5.93. The van der Waals surface area contributed by atoms with E-state index in [0.717, 1.165) is 25.5 Å². The van der Waals surface area contributed by atoms with Gasteiger partial charge in [-0.15, -0.1) is 0 Å². The second-order valence-corrected chi connectivity index (χ2v) is 4.91. The Hall–Kier alpha value is -0.370. The van der Waals surface area contributed by atoms with Crippen LogP contribution in [0.1, 0.15) is 47.0 Å². The number of carbonyl (C=O) groups excluding carboxylic acids is 1. The largest absolute Gasteiger partial charge is 0.364 e. The molecule has 0 heterocycles. The van der Waals surface area contributed by atoms with Gasteiger partial charge in [0.1, 0.15) is 5.60 Å². The predicted octanol–water partition coefficient (Wildman–Crippen LogP) is 2.56. The van der Waals surface area contributed by atoms with Gasteiger partial charge in [-0.3, -0.25) is 0 Å². The van der Waals surface area contributed by atoms with E-state index in [1.165, 1.54) is 0 Å². The Labute approximate surface area is 80.7 Å². The molecule has 1 aliphatic rings. The fraction of sp³-hybridized carbons (Fsp3) is 0.909. The molecule has 1 rings (SSSR count). The van der Waals surface area contributed by atoms with Gasteiger partial charge in [0.15, 0.2) is 6.29 Å². The van der Waals surface area contributed by atoms with Crippen molar-refractivity contribution in [2.24, 2.45) is 5.41 Å². The zero-order valence-corrected chi connectivity index (χ0v) is 9.09. The minimum absolute atomic E-state index is 0.000972. The molecular weight excluding hydrogens is 164 g/mol. The number of hydrogen-bond acceptors (Lipinski definition) is 2. The van der Waals surface area contributed by atoms with E-state index in [9.17, 15) is 4.79 Å². The van der Waals surface area contributed by atoms with Crippen LogP contribution in [0.4, 0.5) is 0 Å². The van der Waals surface area contributed by atoms with Gasteiger partial charge in [0.2, 0.25) is 0 Å². The zero-order valence-electron chi connectivity index (χ0n) is 9.09. The van der Waals surface area contributed by atoms with Crippen LogP contribution < -0.4 is 0 Å². The highest BCUT2D eigenvalue weighted by Gasteiger charge is 2.50. The lowest BCUT2D eigenvalue weighted by Gasteiger charge is -2.38. The van der Waals surface area contributed by atoms with Crippen molar-refractivity contribution >= 4 is 6.29 Å². The summed E-state index contributed by atoms with van der Waals surface area (Å²) < 4.78 is 5.80. The average Bonchev–Trinajstić information content (AvgIpc) is 2.27. The molecule has 1 saturated carbocycles. The summed E-state index contributed by atoms with van der Waals surface area (Å²) in [5.41, 5.74) is -0.528. The second-order valence-electron chi connectivity index (χ2n) is 4.91. The minimum atomic E-state index is -0.527. The lowest BCUT2D eigenvalue weighted by molar-refractivity contribution is -0.154. The summed E-state index contributed by atoms with van der Waals surface area (Å²) in [5, 5.41) is 0. The fourth-order valence-corrected chi connectivity index (χ4v) is 2.23. The third-order valence-electron chi connectivity index (χ3n) is 3.13. The minimum Gasteiger partial charge on any atom is -0.364 e. The molecule has 2 nitrogen and oxygen atoms in total. The number of aldehydes is 1. The predicted molar refractivity (Wildman–Crippen MR) is 52.6 cm³/mol. The Morgan fingerprint density at radius 1 is 1.31 bits per heavy atom. The SMILES string of the molecule is CC(C)OC1(C=O)CCCC1(C)C. The van der Waals surface area contributed by atoms with Crippen LogP contribution in [0.25, 0.3) is 0 Å². The summed E-state index contributed by atoms with van der Waals surface area (Å²) in [6.07, 6.45) is 4.20. The lowest BCUT2D eigenvalue weighted by atomic mass is 9.78. The van der Waals surface area contributed by atoms with Crippen LogP contribution in [-0.2, 0) is 9.53 Å². The topological polar surface area (TPSA) is 26.3 Å². The van der Waals surface area contributed by atoms with Crippen molar-refractivity contribution < 1.29 is 9.53 Å². The Morgan fingerprint density at radius 2 is 1.92 bits per heavy atom. The Bertz CT molecular complexity index is 196. The van der Waals surface area contributed by atoms with Crippen LogP contribution in [0.15, 0.2) is 0 Å². The molecular formula is C11H20O2. The summed E-state index contributed by atoms with van der Waals surface area (Å²) in [7, 11) is 0. The van der Waals surface area contributed by atoms with Crippen LogP contribution >= 0.6 is 0 Å². The molecule has 1 unspecified atom stereocenters. The maximum atomic E-state index is 11.2. The smallest absolute Gasteiger partial charge is 0.152 e. The highest BCUT2D eigenvalue weighted by atomic mass is 16.5. The highest BCUT2D eigenvalue weighted by molar-refractivity contribution is 5.65. The van der Waals surface area contributed by atoms with E-state index in [1.54, 1.807) is 0 Å². The third-order valence-corrected chi connectivity index (χ3v) is 3.13. The molecule has 0 radical (unpaired) electrons. The average molecular weight is 184 g/mol. The number of rotatable bonds is 3. The normalized spacial score (nSPS) is 32.4. The summed E-state index contributed by atoms with van der Waals surface area (Å²) in [4.78, 5) is 11.2. The maximum absolute atomic E-state index is 11.2. The summed E-state index contributed by atoms with van der Waals surface area (Å²) in [5.74, 6) is 0. The Morgan fingerprint density at radius 3 is 2.23 bits per heavy atom. The monoisotopic (exact) mass is 184 g/mol. The third kappa shape index (κ3) is 1.78. The Balaban J connectivity index is 2.85. The number of hydrogen-bond donors (Lipinski definition) is 0. The first kappa shape index (κ1) is 10.7. The summed E-state index contributed by atoms with van der Waals surface area (Å²) in [6.45, 7) is 8.22. The molecule has 1 fully saturated rings. The van der Waals surface area contributed by atoms with Crippen molar-refractivity contribution in [2.75, 3.05) is 0 Å². The van der Waals surface area contributed by atoms with E-state index in [0.29, 0.717) is 0 Å². The van der Waals surface area contributed by atoms with E-state index in [4.69, 9.17) is 4.74 Å². The molecule has 13 heavy (non-hydrogen) atoms. The van der Waals surface area contributed by atoms with Crippen LogP contribution in [-0.4, -0.2) is 18.0 Å². The van der Waals surface area contributed by atoms with Crippen LogP contribution in [0.5, 0.6) is 0 Å². The molecule has 0 aromatic rings. The van der Waals surface area contributed by atoms with Gasteiger partial charge in [0.05, 0.1) is 6.10 Å². The molecule has 1 aliphatic carbocycles. The lowest BCUT2D eigenvalue weighted by Crippen LogP contribution is -2.45. The van der Waals surface area contributed by atoms with Crippen LogP contribution in [0.3, 0.4) is 0 Å². The van der Waals surface area contributed by atoms with Gasteiger partial charge >= 0.3 is 0 Å². The van der Waals surface area contributed by atoms with E-state index in [1.807, 2.05) is 13.8 Å². The van der Waals surface area contributed by atoms with Crippen molar-refractivity contribution in [3.05, 3.63) is 0 Å². The molecule has 0 N–H and O–H groups in total. The van der Waals surface area contributed by atoms with Gasteiger partial charge in [-0.1, -0.05) is 13.8 Å². The maximum Gasteiger partial charge on any atom is 0.152 e. The van der Waals surface area contributed by atoms with E-state index in [2.05, 4.69) is 13.8 Å². The number of ether oxygens (including phenoxy) is 1.